The van der Waals surface area contributed by atoms with E-state index in [9.17, 15) is 4.79 Å². The van der Waals surface area contributed by atoms with Gasteiger partial charge in [0.05, 0.1) is 5.92 Å². The summed E-state index contributed by atoms with van der Waals surface area (Å²) in [6, 6.07) is 20.1. The molecule has 1 N–H and O–H groups in total. The number of carbonyl (C=O) groups excluding carboxylic acids is 1. The number of carbonyl (C=O) groups is 1. The third kappa shape index (κ3) is 4.19. The first-order valence-electron chi connectivity index (χ1n) is 7.62. The van der Waals surface area contributed by atoms with Crippen molar-refractivity contribution in [3.8, 4) is 0 Å². The molecule has 110 valence electrons. The number of benzene rings is 2. The first-order valence-corrected chi connectivity index (χ1v) is 7.62. The van der Waals surface area contributed by atoms with Gasteiger partial charge in [-0.2, -0.15) is 0 Å². The van der Waals surface area contributed by atoms with Gasteiger partial charge in [0.25, 0.3) is 0 Å². The molecule has 0 aliphatic carbocycles. The summed E-state index contributed by atoms with van der Waals surface area (Å²) in [4.78, 5) is 12.7. The molecule has 0 aliphatic heterocycles. The summed E-state index contributed by atoms with van der Waals surface area (Å²) < 4.78 is 0. The van der Waals surface area contributed by atoms with Crippen LogP contribution in [-0.2, 0) is 4.79 Å². The Kier molecular flexibility index (Phi) is 5.56. The van der Waals surface area contributed by atoms with Gasteiger partial charge < -0.3 is 5.32 Å². The van der Waals surface area contributed by atoms with Crippen molar-refractivity contribution in [3.05, 3.63) is 71.8 Å². The lowest BCUT2D eigenvalue weighted by Gasteiger charge is -2.21. The van der Waals surface area contributed by atoms with E-state index in [2.05, 4.69) is 19.2 Å². The van der Waals surface area contributed by atoms with Crippen LogP contribution in [0.1, 0.15) is 43.7 Å². The molecule has 0 spiro atoms. The highest BCUT2D eigenvalue weighted by Crippen LogP contribution is 2.25. The Labute approximate surface area is 127 Å². The summed E-state index contributed by atoms with van der Waals surface area (Å²) >= 11 is 0. The maximum absolute atomic E-state index is 12.7. The number of rotatable bonds is 6. The molecular formula is C19H23NO. The standard InChI is InChI=1S/C19H23NO/c1-3-10-15(2)20-19(21)18(16-11-6-4-7-12-16)17-13-8-5-9-14-17/h4-9,11-15,18H,3,10H2,1-2H3,(H,20,21)/t15-/m1/s1. The molecular weight excluding hydrogens is 258 g/mol. The van der Waals surface area contributed by atoms with Crippen molar-refractivity contribution < 1.29 is 4.79 Å². The van der Waals surface area contributed by atoms with Crippen LogP contribution in [0.4, 0.5) is 0 Å². The third-order valence-corrected chi connectivity index (χ3v) is 3.64. The molecule has 0 fully saturated rings. The van der Waals surface area contributed by atoms with Crippen LogP contribution in [0.5, 0.6) is 0 Å². The van der Waals surface area contributed by atoms with E-state index in [0.717, 1.165) is 24.0 Å². The molecule has 0 aliphatic rings. The van der Waals surface area contributed by atoms with Crippen molar-refractivity contribution in [1.29, 1.82) is 0 Å². The quantitative estimate of drug-likeness (QED) is 0.847. The Hall–Kier alpha value is -2.09. The Balaban J connectivity index is 2.27. The fourth-order valence-electron chi connectivity index (χ4n) is 2.62. The summed E-state index contributed by atoms with van der Waals surface area (Å²) in [7, 11) is 0. The van der Waals surface area contributed by atoms with Gasteiger partial charge in [-0.25, -0.2) is 0 Å². The van der Waals surface area contributed by atoms with Crippen molar-refractivity contribution in [2.75, 3.05) is 0 Å². The molecule has 1 amide bonds. The average Bonchev–Trinajstić information content (AvgIpc) is 2.50. The fraction of sp³-hybridized carbons (Fsp3) is 0.316. The van der Waals surface area contributed by atoms with Crippen LogP contribution in [0, 0.1) is 0 Å². The second-order valence-corrected chi connectivity index (χ2v) is 5.45. The van der Waals surface area contributed by atoms with E-state index in [1.165, 1.54) is 0 Å². The fourth-order valence-corrected chi connectivity index (χ4v) is 2.62. The van der Waals surface area contributed by atoms with Crippen LogP contribution in [0.2, 0.25) is 0 Å². The molecule has 21 heavy (non-hydrogen) atoms. The minimum Gasteiger partial charge on any atom is -0.353 e. The number of hydrogen-bond donors (Lipinski definition) is 1. The molecule has 0 saturated heterocycles. The van der Waals surface area contributed by atoms with Gasteiger partial charge in [-0.15, -0.1) is 0 Å². The topological polar surface area (TPSA) is 29.1 Å². The Bertz CT molecular complexity index is 511. The summed E-state index contributed by atoms with van der Waals surface area (Å²) in [5.74, 6) is -0.167. The summed E-state index contributed by atoms with van der Waals surface area (Å²) in [5, 5.41) is 3.14. The SMILES string of the molecule is CCC[C@@H](C)NC(=O)C(c1ccccc1)c1ccccc1. The maximum atomic E-state index is 12.7. The maximum Gasteiger partial charge on any atom is 0.232 e. The van der Waals surface area contributed by atoms with Crippen molar-refractivity contribution in [2.24, 2.45) is 0 Å². The zero-order valence-corrected chi connectivity index (χ0v) is 12.8. The zero-order chi connectivity index (χ0) is 15.1. The van der Waals surface area contributed by atoms with Crippen LogP contribution in [0.25, 0.3) is 0 Å². The van der Waals surface area contributed by atoms with Gasteiger partial charge in [0.2, 0.25) is 5.91 Å². The number of amides is 1. The normalized spacial score (nSPS) is 12.1. The Morgan fingerprint density at radius 3 is 1.86 bits per heavy atom. The molecule has 2 rings (SSSR count). The lowest BCUT2D eigenvalue weighted by atomic mass is 9.90. The highest BCUT2D eigenvalue weighted by Gasteiger charge is 2.23. The molecule has 2 aromatic carbocycles. The van der Waals surface area contributed by atoms with Crippen molar-refractivity contribution >= 4 is 5.91 Å². The van der Waals surface area contributed by atoms with Crippen LogP contribution >= 0.6 is 0 Å². The Morgan fingerprint density at radius 2 is 1.43 bits per heavy atom. The summed E-state index contributed by atoms with van der Waals surface area (Å²) in [5.41, 5.74) is 2.06. The van der Waals surface area contributed by atoms with Crippen molar-refractivity contribution in [3.63, 3.8) is 0 Å². The predicted octanol–water partition coefficient (Wildman–Crippen LogP) is 4.12. The van der Waals surface area contributed by atoms with Gasteiger partial charge in [-0.1, -0.05) is 74.0 Å². The van der Waals surface area contributed by atoms with E-state index in [-0.39, 0.29) is 17.9 Å². The first kappa shape index (κ1) is 15.3. The minimum atomic E-state index is -0.244. The van der Waals surface area contributed by atoms with Crippen LogP contribution in [-0.4, -0.2) is 11.9 Å². The molecule has 2 nitrogen and oxygen atoms in total. The number of nitrogens with one attached hydrogen (secondary N) is 1. The van der Waals surface area contributed by atoms with E-state index in [1.54, 1.807) is 0 Å². The predicted molar refractivity (Wildman–Crippen MR) is 87.2 cm³/mol. The molecule has 0 unspecified atom stereocenters. The third-order valence-electron chi connectivity index (χ3n) is 3.64. The lowest BCUT2D eigenvalue weighted by molar-refractivity contribution is -0.122. The van der Waals surface area contributed by atoms with Gasteiger partial charge in [0.1, 0.15) is 0 Å². The van der Waals surface area contributed by atoms with E-state index in [1.807, 2.05) is 60.7 Å². The number of hydrogen-bond acceptors (Lipinski definition) is 1. The zero-order valence-electron chi connectivity index (χ0n) is 12.8. The molecule has 0 radical (unpaired) electrons. The van der Waals surface area contributed by atoms with Gasteiger partial charge in [0, 0.05) is 6.04 Å². The van der Waals surface area contributed by atoms with Crippen LogP contribution in [0.15, 0.2) is 60.7 Å². The molecule has 0 saturated carbocycles. The van der Waals surface area contributed by atoms with Crippen molar-refractivity contribution in [2.45, 2.75) is 38.6 Å². The van der Waals surface area contributed by atoms with Gasteiger partial charge in [0.15, 0.2) is 0 Å². The van der Waals surface area contributed by atoms with E-state index >= 15 is 0 Å². The highest BCUT2D eigenvalue weighted by molar-refractivity contribution is 5.87. The van der Waals surface area contributed by atoms with E-state index < -0.39 is 0 Å². The average molecular weight is 281 g/mol. The second kappa shape index (κ2) is 7.63. The van der Waals surface area contributed by atoms with Crippen molar-refractivity contribution in [1.82, 2.24) is 5.32 Å². The summed E-state index contributed by atoms with van der Waals surface area (Å²) in [6.07, 6.45) is 2.07. The van der Waals surface area contributed by atoms with E-state index in [0.29, 0.717) is 0 Å². The Morgan fingerprint density at radius 1 is 0.952 bits per heavy atom. The minimum absolute atomic E-state index is 0.0772. The molecule has 0 bridgehead atoms. The smallest absolute Gasteiger partial charge is 0.232 e. The largest absolute Gasteiger partial charge is 0.353 e. The molecule has 1 atom stereocenters. The highest BCUT2D eigenvalue weighted by atomic mass is 16.1. The lowest BCUT2D eigenvalue weighted by Crippen LogP contribution is -2.36. The van der Waals surface area contributed by atoms with Gasteiger partial charge in [-0.05, 0) is 24.5 Å². The van der Waals surface area contributed by atoms with Crippen LogP contribution in [0.3, 0.4) is 0 Å². The summed E-state index contributed by atoms with van der Waals surface area (Å²) in [6.45, 7) is 4.20. The molecule has 2 heteroatoms. The van der Waals surface area contributed by atoms with Crippen LogP contribution < -0.4 is 5.32 Å². The molecule has 2 aromatic rings. The van der Waals surface area contributed by atoms with Gasteiger partial charge >= 0.3 is 0 Å². The molecule has 0 aromatic heterocycles. The first-order chi connectivity index (χ1) is 10.2. The van der Waals surface area contributed by atoms with E-state index in [4.69, 9.17) is 0 Å². The molecule has 0 heterocycles. The monoisotopic (exact) mass is 281 g/mol. The second-order valence-electron chi connectivity index (χ2n) is 5.45. The van der Waals surface area contributed by atoms with Gasteiger partial charge in [-0.3, -0.25) is 4.79 Å².